The molecule has 4 aliphatic rings. The van der Waals surface area contributed by atoms with Crippen LogP contribution in [0, 0.1) is 38.5 Å². The molecule has 3 aliphatic heterocycles. The van der Waals surface area contributed by atoms with Gasteiger partial charge < -0.3 is 37.6 Å². The second kappa shape index (κ2) is 49.1. The molecule has 16 nitrogen and oxygen atoms in total. The molecular formula is C76H111AlBrLiN5O11P2S5. The van der Waals surface area contributed by atoms with Crippen molar-refractivity contribution in [1.29, 1.82) is 0 Å². The van der Waals surface area contributed by atoms with E-state index in [-0.39, 0.29) is 81.1 Å². The van der Waals surface area contributed by atoms with E-state index in [1.165, 1.54) is 95.8 Å². The molecule has 1 unspecified atom stereocenters. The number of hydrogen-bond acceptors (Lipinski definition) is 15. The van der Waals surface area contributed by atoms with E-state index in [1.54, 1.807) is 43.8 Å². The van der Waals surface area contributed by atoms with Crippen LogP contribution in [0.2, 0.25) is 0 Å². The third-order valence-electron chi connectivity index (χ3n) is 16.0. The molecule has 557 valence electrons. The number of nitrogens with one attached hydrogen (secondary N) is 4. The SMILES string of the molecule is C.C.Cc1cc(Br)cc(C)c1NC(=O)CC(C)(C)C.Cc1cc(N2CCCCc3sccc3C2)cc(C)c1NC(=O)CC(C)(C)C.O=C(O)CCCCc1cccs1.O=C1CCCCCc2sccc21.O=C1NCCCCc2sccc21.O=[P+]([O-])P(=O)(O)O.[Al].[H-].[Li+].c1cc2c(s1)CCCCNC2. The van der Waals surface area contributed by atoms with Gasteiger partial charge in [0.25, 0.3) is 5.91 Å². The van der Waals surface area contributed by atoms with Crippen LogP contribution in [0.3, 0.4) is 0 Å². The number of ketones is 1. The molecule has 26 heteroatoms. The number of rotatable bonds is 11. The van der Waals surface area contributed by atoms with Crippen molar-refractivity contribution in [1.82, 2.24) is 10.6 Å². The van der Waals surface area contributed by atoms with Crippen molar-refractivity contribution in [3.63, 3.8) is 0 Å². The second-order valence-corrected chi connectivity index (χ2v) is 37.3. The monoisotopic (exact) mass is 1600 g/mol. The number of fused-ring (bicyclic) bond motifs is 4. The molecule has 7 aromatic rings. The Morgan fingerprint density at radius 3 is 1.63 bits per heavy atom. The van der Waals surface area contributed by atoms with E-state index in [0.717, 1.165) is 127 Å². The number of halogens is 1. The van der Waals surface area contributed by atoms with Gasteiger partial charge in [0.05, 0.1) is 5.56 Å². The first-order valence-corrected chi connectivity index (χ1v) is 42.5. The molecule has 0 spiro atoms. The molecule has 2 aromatic carbocycles. The van der Waals surface area contributed by atoms with Crippen molar-refractivity contribution < 1.29 is 73.2 Å². The first-order chi connectivity index (χ1) is 46.4. The summed E-state index contributed by atoms with van der Waals surface area (Å²) in [5.41, 5.74) is 12.5. The van der Waals surface area contributed by atoms with Crippen molar-refractivity contribution in [3.8, 4) is 0 Å². The van der Waals surface area contributed by atoms with E-state index >= 15 is 0 Å². The van der Waals surface area contributed by atoms with Crippen molar-refractivity contribution in [2.75, 3.05) is 35.2 Å². The number of carbonyl (C=O) groups is 5. The quantitative estimate of drug-likeness (QED) is 0.0362. The van der Waals surface area contributed by atoms with Crippen LogP contribution in [0.5, 0.6) is 0 Å². The summed E-state index contributed by atoms with van der Waals surface area (Å²) < 4.78 is 19.8. The third-order valence-corrected chi connectivity index (χ3v) is 23.2. The van der Waals surface area contributed by atoms with Gasteiger partial charge in [0.15, 0.2) is 5.78 Å². The number of anilines is 3. The molecule has 8 heterocycles. The summed E-state index contributed by atoms with van der Waals surface area (Å²) in [5, 5.41) is 31.4. The molecule has 11 rings (SSSR count). The third kappa shape index (κ3) is 36.6. The van der Waals surface area contributed by atoms with Crippen molar-refractivity contribution in [2.24, 2.45) is 10.8 Å². The summed E-state index contributed by atoms with van der Waals surface area (Å²) in [7, 11) is -8.36. The molecule has 0 fully saturated rings. The molecule has 3 amide bonds. The molecule has 5 aromatic heterocycles. The Kier molecular flexibility index (Phi) is 46.3. The fourth-order valence-corrected chi connectivity index (χ4v) is 16.4. The molecule has 7 N–H and O–H groups in total. The minimum atomic E-state index is -4.78. The van der Waals surface area contributed by atoms with Gasteiger partial charge in [-0.1, -0.05) is 89.4 Å². The number of amides is 3. The minimum absolute atomic E-state index is 0. The van der Waals surface area contributed by atoms with Gasteiger partial charge in [-0.05, 0) is 256 Å². The van der Waals surface area contributed by atoms with Gasteiger partial charge in [-0.15, -0.1) is 56.7 Å². The van der Waals surface area contributed by atoms with Crippen LogP contribution in [0.4, 0.5) is 17.1 Å². The molecule has 102 heavy (non-hydrogen) atoms. The number of carbonyl (C=O) groups excluding carboxylic acids is 4. The first-order valence-electron chi connectivity index (χ1n) is 33.8. The first kappa shape index (κ1) is 96.1. The van der Waals surface area contributed by atoms with Crippen molar-refractivity contribution in [2.45, 2.75) is 226 Å². The van der Waals surface area contributed by atoms with Crippen molar-refractivity contribution >= 4 is 152 Å². The van der Waals surface area contributed by atoms with Gasteiger partial charge in [0, 0.05) is 121 Å². The maximum absolute atomic E-state index is 12.4. The average Bonchev–Trinajstić information content (AvgIpc) is 0.959. The van der Waals surface area contributed by atoms with Gasteiger partial charge in [0.2, 0.25) is 11.8 Å². The Hall–Kier alpha value is -3.93. The van der Waals surface area contributed by atoms with E-state index < -0.39 is 21.0 Å². The molecule has 3 radical (unpaired) electrons. The van der Waals surface area contributed by atoms with Crippen LogP contribution in [0.15, 0.2) is 92.0 Å². The smallest absolute Gasteiger partial charge is 1.00 e. The van der Waals surface area contributed by atoms with E-state index in [2.05, 4.69) is 139 Å². The number of aliphatic carboxylic acids is 1. The Labute approximate surface area is 662 Å². The summed E-state index contributed by atoms with van der Waals surface area (Å²) in [6.07, 6.45) is 20.6. The Bertz CT molecular complexity index is 3610. The number of Topliss-reactive ketones (excluding diaryl/α,β-unsaturated/α-hetero) is 1. The molecule has 1 atom stereocenters. The maximum atomic E-state index is 12.4. The standard InChI is InChI=1S/C23H32N2OS.C14H20BrNO.C10H12OS.C9H11NOS.C9H13NS.C9H12O2S.2CH4.Al.Li.H2O5P2.H/c1-16-12-19(13-17(2)22(16)24-21(26)14-23(3,4)5)25-10-7-6-8-20-18(15-25)9-11-27-20;1-9-6-11(15)7-10(2)13(9)16-12(17)8-14(3,4)5;11-9-4-2-1-3-5-10-8(9)6-7-12-10;11-9-7-4-6-12-8(7)3-1-2-5-10-9;1-2-5-10-7-8-4-6-11-9(8)3-1;10-9(11)6-2-1-4-8-5-3-7-12-8;;;;;1-6(2)7(3,4)5;/h9,11-13H,6-8,10,14-15H2,1-5H3,(H,24,26);6-7H,8H2,1-5H3,(H,16,17);6-7H,1-5H2;4,6H,1-3,5H2,(H,10,11);4,6,10H,1-3,5,7H2;3,5,7H,1-2,4,6H2,(H,10,11);2*1H4;;;(H2,3,4,5);/q;;;;;;;;;+1;;-1. The maximum Gasteiger partial charge on any atom is 1.00 e. The molecular weight excluding hydrogens is 1490 g/mol. The van der Waals surface area contributed by atoms with Crippen LogP contribution in [0.1, 0.15) is 233 Å². The zero-order valence-corrected chi connectivity index (χ0v) is 68.9. The average molecular weight is 1610 g/mol. The summed E-state index contributed by atoms with van der Waals surface area (Å²) in [5.74, 6) is -0.0697. The van der Waals surface area contributed by atoms with E-state index in [0.29, 0.717) is 25.0 Å². The van der Waals surface area contributed by atoms with Crippen LogP contribution in [-0.2, 0) is 68.7 Å². The Morgan fingerprint density at radius 2 is 1.10 bits per heavy atom. The van der Waals surface area contributed by atoms with E-state index in [1.807, 2.05) is 83.0 Å². The number of aryl methyl sites for hydroxylation is 9. The van der Waals surface area contributed by atoms with Gasteiger partial charge in [-0.3, -0.25) is 33.8 Å². The molecule has 0 bridgehead atoms. The number of carboxylic acids is 1. The van der Waals surface area contributed by atoms with E-state index in [9.17, 15) is 38.0 Å². The van der Waals surface area contributed by atoms with Crippen LogP contribution in [0.25, 0.3) is 0 Å². The zero-order chi connectivity index (χ0) is 72.0. The largest absolute Gasteiger partial charge is 1.00 e. The normalized spacial score (nSPS) is 14.2. The summed E-state index contributed by atoms with van der Waals surface area (Å²) in [6, 6.07) is 21.0. The van der Waals surface area contributed by atoms with Crippen LogP contribution < -0.4 is 49.9 Å². The van der Waals surface area contributed by atoms with Gasteiger partial charge in [0.1, 0.15) is 0 Å². The predicted octanol–water partition coefficient (Wildman–Crippen LogP) is 17.3. The summed E-state index contributed by atoms with van der Waals surface area (Å²) >= 11 is 12.4. The number of carboxylic acid groups (broad SMARTS) is 1. The minimum Gasteiger partial charge on any atom is -1.00 e. The predicted molar refractivity (Wildman–Crippen MR) is 432 cm³/mol. The summed E-state index contributed by atoms with van der Waals surface area (Å²) in [4.78, 5) is 91.4. The van der Waals surface area contributed by atoms with E-state index in [4.69, 9.17) is 14.9 Å². The van der Waals surface area contributed by atoms with Crippen LogP contribution >= 0.6 is 87.6 Å². The second-order valence-electron chi connectivity index (χ2n) is 27.3. The van der Waals surface area contributed by atoms with Gasteiger partial charge in [-0.2, -0.15) is 0 Å². The molecule has 1 aliphatic carbocycles. The number of thiophene rings is 5. The van der Waals surface area contributed by atoms with Crippen LogP contribution in [-0.4, -0.2) is 81.4 Å². The number of benzene rings is 2. The summed E-state index contributed by atoms with van der Waals surface area (Å²) in [6.45, 7) is 25.8. The Morgan fingerprint density at radius 1 is 0.637 bits per heavy atom. The number of hydrogen-bond donors (Lipinski definition) is 7. The van der Waals surface area contributed by atoms with Crippen molar-refractivity contribution in [3.05, 3.63) is 161 Å². The zero-order valence-electron chi connectivity index (χ0n) is 61.3. The Balaban J connectivity index is 0.00000121. The number of unbranched alkanes of at least 4 members (excludes halogenated alkanes) is 1. The molecule has 0 saturated heterocycles. The fourth-order valence-electron chi connectivity index (χ4n) is 11.2. The van der Waals surface area contributed by atoms with Gasteiger partial charge in [-0.25, -0.2) is 4.57 Å². The topological polar surface area (TPSA) is 255 Å². The fraction of sp³-hybridized carbons (Fsp3) is 0.513. The van der Waals surface area contributed by atoms with Gasteiger partial charge >= 0.3 is 39.8 Å². The molecule has 0 saturated carbocycles. The number of nitrogens with zero attached hydrogens (tertiary/aromatic N) is 1.